The van der Waals surface area contributed by atoms with Crippen molar-refractivity contribution in [1.29, 1.82) is 0 Å². The Bertz CT molecular complexity index is 1500. The van der Waals surface area contributed by atoms with Crippen LogP contribution in [0.15, 0.2) is 12.1 Å². The highest BCUT2D eigenvalue weighted by atomic mass is 35.5. The summed E-state index contributed by atoms with van der Waals surface area (Å²) >= 11 is 37.6. The van der Waals surface area contributed by atoms with Gasteiger partial charge in [-0.3, -0.25) is 0 Å². The highest BCUT2D eigenvalue weighted by Gasteiger charge is 2.38. The van der Waals surface area contributed by atoms with Crippen molar-refractivity contribution >= 4 is 93.5 Å². The van der Waals surface area contributed by atoms with Crippen molar-refractivity contribution in [1.82, 2.24) is 0 Å². The molecule has 0 bridgehead atoms. The Morgan fingerprint density at radius 1 is 0.646 bits per heavy atom. The molecule has 0 heterocycles. The largest absolute Gasteiger partial charge is 0.462 e. The number of halogens is 6. The van der Waals surface area contributed by atoms with Crippen LogP contribution < -0.4 is 9.47 Å². The van der Waals surface area contributed by atoms with Gasteiger partial charge in [0, 0.05) is 0 Å². The van der Waals surface area contributed by atoms with Gasteiger partial charge in [-0.2, -0.15) is 0 Å². The summed E-state index contributed by atoms with van der Waals surface area (Å²) in [5, 5.41) is -1.46. The molecule has 0 amide bonds. The van der Waals surface area contributed by atoms with Gasteiger partial charge < -0.3 is 18.9 Å². The van der Waals surface area contributed by atoms with E-state index in [1.807, 2.05) is 0 Å². The first-order valence-electron chi connectivity index (χ1n) is 15.6. The van der Waals surface area contributed by atoms with Gasteiger partial charge in [-0.15, -0.1) is 0 Å². The monoisotopic (exact) mass is 782 g/mol. The molecule has 48 heavy (non-hydrogen) atoms. The molecule has 2 aliphatic carbocycles. The van der Waals surface area contributed by atoms with Gasteiger partial charge in [0.05, 0.1) is 43.3 Å². The lowest BCUT2D eigenvalue weighted by Crippen LogP contribution is -2.28. The fraction of sp³-hybridized carbons (Fsp3) is 0.529. The van der Waals surface area contributed by atoms with E-state index in [2.05, 4.69) is 27.7 Å². The zero-order chi connectivity index (χ0) is 35.6. The van der Waals surface area contributed by atoms with E-state index in [-0.39, 0.29) is 54.2 Å². The number of esters is 4. The fourth-order valence-electron chi connectivity index (χ4n) is 6.45. The van der Waals surface area contributed by atoms with Gasteiger partial charge in [0.25, 0.3) is 0 Å². The van der Waals surface area contributed by atoms with Crippen LogP contribution in [0, 0.1) is 22.7 Å². The topological polar surface area (TPSA) is 105 Å². The quantitative estimate of drug-likeness (QED) is 0.101. The summed E-state index contributed by atoms with van der Waals surface area (Å²) in [6, 6.07) is 2.27. The van der Waals surface area contributed by atoms with Crippen LogP contribution in [0.25, 0.3) is 0 Å². The Labute approximate surface area is 309 Å². The minimum absolute atomic E-state index is 0.00107. The highest BCUT2D eigenvalue weighted by molar-refractivity contribution is 6.47. The molecule has 262 valence electrons. The van der Waals surface area contributed by atoms with Gasteiger partial charge in [0.1, 0.15) is 11.1 Å². The van der Waals surface area contributed by atoms with Gasteiger partial charge in [-0.05, 0) is 60.5 Å². The summed E-state index contributed by atoms with van der Waals surface area (Å²) in [6.45, 7) is 8.72. The average Bonchev–Trinajstić information content (AvgIpc) is 3.53. The van der Waals surface area contributed by atoms with Crippen molar-refractivity contribution in [2.45, 2.75) is 79.1 Å². The average molecular weight is 785 g/mol. The zero-order valence-electron chi connectivity index (χ0n) is 26.9. The third-order valence-corrected chi connectivity index (χ3v) is 12.3. The van der Waals surface area contributed by atoms with E-state index in [9.17, 15) is 19.2 Å². The minimum Gasteiger partial charge on any atom is -0.462 e. The molecule has 4 unspecified atom stereocenters. The third-order valence-electron chi connectivity index (χ3n) is 10.2. The maximum absolute atomic E-state index is 13.2. The molecule has 0 aliphatic heterocycles. The molecule has 4 rings (SSSR count). The van der Waals surface area contributed by atoms with E-state index < -0.39 is 46.5 Å². The number of hydrogen-bond donors (Lipinski definition) is 0. The summed E-state index contributed by atoms with van der Waals surface area (Å²) in [6.07, 6.45) is 7.56. The van der Waals surface area contributed by atoms with Gasteiger partial charge in [0.15, 0.2) is 11.5 Å². The molecule has 14 heteroatoms. The molecule has 4 atom stereocenters. The van der Waals surface area contributed by atoms with Crippen molar-refractivity contribution in [3.05, 3.63) is 53.4 Å². The van der Waals surface area contributed by atoms with Gasteiger partial charge in [0.2, 0.25) is 0 Å². The number of ether oxygens (including phenoxy) is 4. The van der Waals surface area contributed by atoms with Crippen molar-refractivity contribution in [3.8, 4) is 11.5 Å². The first-order chi connectivity index (χ1) is 22.5. The summed E-state index contributed by atoms with van der Waals surface area (Å²) in [4.78, 5) is 52.5. The highest BCUT2D eigenvalue weighted by Crippen LogP contribution is 2.47. The number of carbonyl (C=O) groups is 4. The molecule has 0 radical (unpaired) electrons. The smallest absolute Gasteiger partial charge is 0.423 e. The fourth-order valence-corrected chi connectivity index (χ4v) is 7.88. The van der Waals surface area contributed by atoms with E-state index in [0.29, 0.717) is 24.7 Å². The first-order valence-corrected chi connectivity index (χ1v) is 17.9. The van der Waals surface area contributed by atoms with E-state index in [0.717, 1.165) is 50.7 Å². The zero-order valence-corrected chi connectivity index (χ0v) is 31.4. The minimum atomic E-state index is -1.64. The number of hydrogen-bond acceptors (Lipinski definition) is 8. The van der Waals surface area contributed by atoms with E-state index >= 15 is 0 Å². The van der Waals surface area contributed by atoms with Crippen LogP contribution in [-0.4, -0.2) is 37.1 Å². The standard InChI is InChI=1S/C34H36Cl6O8/c1-17-7-5-9-33(17,3)11-13-45-29(41)23-25(39)19(35)15-21(37)27(23)47-31(43)32(44)48-28-22(38)16-20(36)26(40)24(28)30(42)46-14-12-34(4)10-6-8-18(34)2/h15-18H,5-14H2,1-4H3. The van der Waals surface area contributed by atoms with Crippen LogP contribution in [0.2, 0.25) is 30.1 Å². The van der Waals surface area contributed by atoms with Gasteiger partial charge in [-0.1, -0.05) is 123 Å². The van der Waals surface area contributed by atoms with Crippen LogP contribution in [0.1, 0.15) is 99.8 Å². The third kappa shape index (κ3) is 8.50. The molecule has 8 nitrogen and oxygen atoms in total. The van der Waals surface area contributed by atoms with Crippen molar-refractivity contribution in [3.63, 3.8) is 0 Å². The van der Waals surface area contributed by atoms with E-state index in [4.69, 9.17) is 88.6 Å². The molecule has 0 spiro atoms. The molecule has 0 N–H and O–H groups in total. The molecule has 2 aliphatic rings. The Morgan fingerprint density at radius 3 is 1.31 bits per heavy atom. The molecule has 2 aromatic rings. The molecule has 2 saturated carbocycles. The molecule has 0 saturated heterocycles. The van der Waals surface area contributed by atoms with Crippen LogP contribution in [-0.2, 0) is 19.1 Å². The van der Waals surface area contributed by atoms with Crippen LogP contribution >= 0.6 is 69.6 Å². The second-order valence-corrected chi connectivity index (χ2v) is 15.5. The molecule has 0 aromatic heterocycles. The van der Waals surface area contributed by atoms with Crippen LogP contribution in [0.3, 0.4) is 0 Å². The first kappa shape index (κ1) is 38.9. The second-order valence-electron chi connectivity index (χ2n) is 13.2. The Hall–Kier alpha value is -1.94. The van der Waals surface area contributed by atoms with E-state index in [1.165, 1.54) is 0 Å². The van der Waals surface area contributed by atoms with Gasteiger partial charge in [-0.25, -0.2) is 19.2 Å². The summed E-state index contributed by atoms with van der Waals surface area (Å²) in [5.74, 6) is -5.44. The van der Waals surface area contributed by atoms with E-state index in [1.54, 1.807) is 0 Å². The van der Waals surface area contributed by atoms with Crippen molar-refractivity contribution in [2.24, 2.45) is 22.7 Å². The van der Waals surface area contributed by atoms with Crippen molar-refractivity contribution < 1.29 is 38.1 Å². The summed E-state index contributed by atoms with van der Waals surface area (Å²) < 4.78 is 21.4. The van der Waals surface area contributed by atoms with Crippen molar-refractivity contribution in [2.75, 3.05) is 13.2 Å². The lowest BCUT2D eigenvalue weighted by molar-refractivity contribution is -0.156. The molecular formula is C34H36Cl6O8. The maximum atomic E-state index is 13.2. The molecular weight excluding hydrogens is 749 g/mol. The molecule has 2 fully saturated rings. The summed E-state index contributed by atoms with van der Waals surface area (Å²) in [7, 11) is 0. The predicted molar refractivity (Wildman–Crippen MR) is 186 cm³/mol. The lowest BCUT2D eigenvalue weighted by atomic mass is 9.78. The number of benzene rings is 2. The SMILES string of the molecule is CC1CCCC1(C)CCOC(=O)c1c(Cl)c(Cl)cc(Cl)c1OC(=O)C(=O)Oc1c(Cl)cc(Cl)c(Cl)c1C(=O)OCCC1(C)CCCC1C. The number of carbonyl (C=O) groups excluding carboxylic acids is 4. The Kier molecular flexibility index (Phi) is 12.9. The summed E-state index contributed by atoms with van der Waals surface area (Å²) in [5.41, 5.74) is -0.915. The Morgan fingerprint density at radius 2 is 1.00 bits per heavy atom. The number of rotatable bonds is 10. The van der Waals surface area contributed by atoms with Crippen LogP contribution in [0.5, 0.6) is 11.5 Å². The lowest BCUT2D eigenvalue weighted by Gasteiger charge is -2.29. The molecule has 2 aromatic carbocycles. The van der Waals surface area contributed by atoms with Gasteiger partial charge >= 0.3 is 23.9 Å². The maximum Gasteiger partial charge on any atom is 0.423 e. The normalized spacial score (nSPS) is 23.5. The predicted octanol–water partition coefficient (Wildman–Crippen LogP) is 10.9. The second kappa shape index (κ2) is 15.9. The van der Waals surface area contributed by atoms with Crippen LogP contribution in [0.4, 0.5) is 0 Å². The Balaban J connectivity index is 1.51.